The van der Waals surface area contributed by atoms with Crippen molar-refractivity contribution in [3.8, 4) is 11.5 Å². The van der Waals surface area contributed by atoms with Crippen LogP contribution in [-0.4, -0.2) is 28.6 Å². The second kappa shape index (κ2) is 5.88. The molecule has 2 rings (SSSR count). The van der Waals surface area contributed by atoms with Crippen molar-refractivity contribution in [3.63, 3.8) is 0 Å². The molecule has 0 bridgehead atoms. The summed E-state index contributed by atoms with van der Waals surface area (Å²) in [6.45, 7) is -0.556. The van der Waals surface area contributed by atoms with E-state index in [9.17, 15) is 14.7 Å². The maximum Gasteiger partial charge on any atom is 0.341 e. The van der Waals surface area contributed by atoms with Crippen molar-refractivity contribution < 1.29 is 24.5 Å². The first-order valence-corrected chi connectivity index (χ1v) is 5.85. The number of ether oxygens (including phenoxy) is 1. The maximum atomic E-state index is 12.1. The predicted octanol–water partition coefficient (Wildman–Crippen LogP) is 2.09. The topological polar surface area (TPSA) is 83.8 Å². The number of hydrogen-bond donors (Lipinski definition) is 2. The molecule has 2 aromatic carbocycles. The molecule has 0 unspecified atom stereocenters. The van der Waals surface area contributed by atoms with Gasteiger partial charge in [0.25, 0.3) is 0 Å². The first-order chi connectivity index (χ1) is 9.58. The van der Waals surface area contributed by atoms with Gasteiger partial charge in [-0.1, -0.05) is 30.3 Å². The molecule has 5 nitrogen and oxygen atoms in total. The second-order valence-corrected chi connectivity index (χ2v) is 4.06. The molecule has 102 valence electrons. The number of carbonyl (C=O) groups is 2. The van der Waals surface area contributed by atoms with E-state index in [1.54, 1.807) is 30.3 Å². The van der Waals surface area contributed by atoms with Crippen LogP contribution >= 0.6 is 0 Å². The molecular weight excluding hydrogens is 260 g/mol. The van der Waals surface area contributed by atoms with E-state index in [-0.39, 0.29) is 17.3 Å². The normalized spacial score (nSPS) is 10.0. The third-order valence-corrected chi connectivity index (χ3v) is 2.61. The first-order valence-electron chi connectivity index (χ1n) is 5.85. The average molecular weight is 272 g/mol. The molecule has 0 aromatic heterocycles. The van der Waals surface area contributed by atoms with Gasteiger partial charge in [0.1, 0.15) is 0 Å². The quantitative estimate of drug-likeness (QED) is 0.814. The van der Waals surface area contributed by atoms with Crippen LogP contribution in [0.3, 0.4) is 0 Å². The van der Waals surface area contributed by atoms with Gasteiger partial charge in [-0.05, 0) is 18.2 Å². The van der Waals surface area contributed by atoms with Gasteiger partial charge in [0, 0.05) is 11.1 Å². The Balaban J connectivity index is 2.21. The zero-order valence-corrected chi connectivity index (χ0v) is 10.4. The molecule has 0 heterocycles. The molecule has 0 spiro atoms. The van der Waals surface area contributed by atoms with Gasteiger partial charge in [-0.15, -0.1) is 0 Å². The predicted molar refractivity (Wildman–Crippen MR) is 71.1 cm³/mol. The van der Waals surface area contributed by atoms with Crippen molar-refractivity contribution in [3.05, 3.63) is 59.7 Å². The molecular formula is C15H12O5. The van der Waals surface area contributed by atoms with Crippen molar-refractivity contribution in [2.24, 2.45) is 0 Å². The van der Waals surface area contributed by atoms with Gasteiger partial charge in [0.2, 0.25) is 0 Å². The van der Waals surface area contributed by atoms with Gasteiger partial charge < -0.3 is 14.9 Å². The Bertz CT molecular complexity index is 634. The largest absolute Gasteiger partial charge is 0.504 e. The minimum atomic E-state index is -1.14. The summed E-state index contributed by atoms with van der Waals surface area (Å²) < 4.78 is 4.88. The monoisotopic (exact) mass is 272 g/mol. The summed E-state index contributed by atoms with van der Waals surface area (Å²) in [5, 5.41) is 18.2. The Kier molecular flexibility index (Phi) is 4.00. The highest BCUT2D eigenvalue weighted by molar-refractivity contribution is 6.09. The molecule has 0 saturated heterocycles. The lowest BCUT2D eigenvalue weighted by Crippen LogP contribution is -2.09. The van der Waals surface area contributed by atoms with E-state index in [2.05, 4.69) is 0 Å². The van der Waals surface area contributed by atoms with Crippen molar-refractivity contribution in [2.75, 3.05) is 6.61 Å². The number of benzene rings is 2. The number of aliphatic carboxylic acids is 1. The van der Waals surface area contributed by atoms with E-state index in [0.29, 0.717) is 11.1 Å². The number of ketones is 1. The minimum absolute atomic E-state index is 0.0250. The van der Waals surface area contributed by atoms with Gasteiger partial charge in [0.05, 0.1) is 0 Å². The maximum absolute atomic E-state index is 12.1. The molecule has 0 aliphatic heterocycles. The fourth-order valence-corrected chi connectivity index (χ4v) is 1.68. The third-order valence-electron chi connectivity index (χ3n) is 2.61. The summed E-state index contributed by atoms with van der Waals surface area (Å²) >= 11 is 0. The molecule has 0 aliphatic carbocycles. The van der Waals surface area contributed by atoms with E-state index in [1.807, 2.05) is 0 Å². The SMILES string of the molecule is O=C(O)COc1ccc(C(=O)c2ccccc2)cc1O. The molecule has 20 heavy (non-hydrogen) atoms. The summed E-state index contributed by atoms with van der Waals surface area (Å²) in [5.74, 6) is -1.62. The first kappa shape index (κ1) is 13.6. The van der Waals surface area contributed by atoms with Crippen molar-refractivity contribution >= 4 is 11.8 Å². The molecule has 2 aromatic rings. The summed E-state index contributed by atoms with van der Waals surface area (Å²) in [4.78, 5) is 22.5. The highest BCUT2D eigenvalue weighted by Gasteiger charge is 2.12. The van der Waals surface area contributed by atoms with Gasteiger partial charge in [-0.2, -0.15) is 0 Å². The Morgan fingerprint density at radius 2 is 1.70 bits per heavy atom. The zero-order chi connectivity index (χ0) is 14.5. The van der Waals surface area contributed by atoms with E-state index in [1.165, 1.54) is 18.2 Å². The van der Waals surface area contributed by atoms with Gasteiger partial charge in [-0.3, -0.25) is 4.79 Å². The summed E-state index contributed by atoms with van der Waals surface area (Å²) in [6.07, 6.45) is 0. The number of carboxylic acid groups (broad SMARTS) is 1. The fraction of sp³-hybridized carbons (Fsp3) is 0.0667. The lowest BCUT2D eigenvalue weighted by molar-refractivity contribution is -0.139. The van der Waals surface area contributed by atoms with Crippen LogP contribution < -0.4 is 4.74 Å². The number of hydrogen-bond acceptors (Lipinski definition) is 4. The molecule has 0 fully saturated rings. The average Bonchev–Trinajstić information content (AvgIpc) is 2.46. The smallest absolute Gasteiger partial charge is 0.341 e. The Morgan fingerprint density at radius 3 is 2.30 bits per heavy atom. The number of phenolic OH excluding ortho intramolecular Hbond substituents is 1. The van der Waals surface area contributed by atoms with Crippen LogP contribution in [-0.2, 0) is 4.79 Å². The van der Waals surface area contributed by atoms with Crippen LogP contribution in [0.25, 0.3) is 0 Å². The van der Waals surface area contributed by atoms with Crippen LogP contribution in [0.5, 0.6) is 11.5 Å². The fourth-order valence-electron chi connectivity index (χ4n) is 1.68. The summed E-state index contributed by atoms with van der Waals surface area (Å²) in [7, 11) is 0. The molecule has 0 atom stereocenters. The number of carboxylic acids is 1. The zero-order valence-electron chi connectivity index (χ0n) is 10.4. The van der Waals surface area contributed by atoms with Crippen LogP contribution in [0.15, 0.2) is 48.5 Å². The van der Waals surface area contributed by atoms with Gasteiger partial charge >= 0.3 is 5.97 Å². The lowest BCUT2D eigenvalue weighted by Gasteiger charge is -2.07. The van der Waals surface area contributed by atoms with Crippen molar-refractivity contribution in [2.45, 2.75) is 0 Å². The van der Waals surface area contributed by atoms with E-state index >= 15 is 0 Å². The third kappa shape index (κ3) is 3.14. The van der Waals surface area contributed by atoms with Crippen LogP contribution in [0.2, 0.25) is 0 Å². The van der Waals surface area contributed by atoms with E-state index in [4.69, 9.17) is 9.84 Å². The number of rotatable bonds is 5. The standard InChI is InChI=1S/C15H12O5/c16-12-8-11(6-7-13(12)20-9-14(17)18)15(19)10-4-2-1-3-5-10/h1-8,16H,9H2,(H,17,18). The summed E-state index contributed by atoms with van der Waals surface area (Å²) in [5.41, 5.74) is 0.808. The van der Waals surface area contributed by atoms with E-state index in [0.717, 1.165) is 0 Å². The molecule has 0 saturated carbocycles. The van der Waals surface area contributed by atoms with Crippen LogP contribution in [0.4, 0.5) is 0 Å². The van der Waals surface area contributed by atoms with E-state index < -0.39 is 12.6 Å². The molecule has 0 aliphatic rings. The van der Waals surface area contributed by atoms with Crippen LogP contribution in [0.1, 0.15) is 15.9 Å². The Hall–Kier alpha value is -2.82. The number of aromatic hydroxyl groups is 1. The number of carbonyl (C=O) groups excluding carboxylic acids is 1. The number of phenols is 1. The Labute approximate surface area is 115 Å². The molecule has 0 radical (unpaired) electrons. The van der Waals surface area contributed by atoms with Crippen LogP contribution in [0, 0.1) is 0 Å². The second-order valence-electron chi connectivity index (χ2n) is 4.06. The Morgan fingerprint density at radius 1 is 1.00 bits per heavy atom. The van der Waals surface area contributed by atoms with Crippen molar-refractivity contribution in [1.29, 1.82) is 0 Å². The lowest BCUT2D eigenvalue weighted by atomic mass is 10.0. The highest BCUT2D eigenvalue weighted by atomic mass is 16.5. The molecule has 0 amide bonds. The molecule has 2 N–H and O–H groups in total. The highest BCUT2D eigenvalue weighted by Crippen LogP contribution is 2.27. The van der Waals surface area contributed by atoms with Gasteiger partial charge in [-0.25, -0.2) is 4.79 Å². The van der Waals surface area contributed by atoms with Crippen molar-refractivity contribution in [1.82, 2.24) is 0 Å². The summed E-state index contributed by atoms with van der Waals surface area (Å²) in [6, 6.07) is 12.8. The minimum Gasteiger partial charge on any atom is -0.504 e. The molecule has 5 heteroatoms. The van der Waals surface area contributed by atoms with Gasteiger partial charge in [0.15, 0.2) is 23.9 Å².